The number of fused-ring (bicyclic) bond motifs is 1. The minimum Gasteiger partial charge on any atom is -0.173 e. The van der Waals surface area contributed by atoms with Gasteiger partial charge in [0.1, 0.15) is 11.0 Å². The smallest absolute Gasteiger partial charge is 0.108 e. The van der Waals surface area contributed by atoms with Crippen LogP contribution in [0.25, 0.3) is 11.0 Å². The molecular formula is C15H22N2S. The molecule has 0 aliphatic heterocycles. The Hall–Kier alpha value is -0.960. The summed E-state index contributed by atoms with van der Waals surface area (Å²) in [6.45, 7) is 11.3. The number of hydrogen-bond donors (Lipinski definition) is 0. The summed E-state index contributed by atoms with van der Waals surface area (Å²) in [5.74, 6) is 0.500. The lowest BCUT2D eigenvalue weighted by Gasteiger charge is -2.28. The maximum atomic E-state index is 4.55. The topological polar surface area (TPSA) is 25.8 Å². The highest BCUT2D eigenvalue weighted by Gasteiger charge is 2.26. The molecule has 1 aromatic carbocycles. The maximum absolute atomic E-state index is 4.55. The van der Waals surface area contributed by atoms with Crippen molar-refractivity contribution in [2.75, 3.05) is 0 Å². The van der Waals surface area contributed by atoms with Crippen LogP contribution in [-0.2, 0) is 5.41 Å². The molecule has 2 nitrogen and oxygen atoms in total. The highest BCUT2D eigenvalue weighted by molar-refractivity contribution is 7.00. The van der Waals surface area contributed by atoms with Crippen LogP contribution in [0.1, 0.15) is 64.5 Å². The van der Waals surface area contributed by atoms with Gasteiger partial charge in [-0.05, 0) is 35.3 Å². The van der Waals surface area contributed by atoms with Crippen LogP contribution in [0, 0.1) is 0 Å². The van der Waals surface area contributed by atoms with Gasteiger partial charge in [-0.25, -0.2) is 0 Å². The van der Waals surface area contributed by atoms with Crippen LogP contribution in [-0.4, -0.2) is 8.75 Å². The number of rotatable bonds is 4. The molecule has 0 N–H and O–H groups in total. The van der Waals surface area contributed by atoms with Crippen LogP contribution in [0.5, 0.6) is 0 Å². The van der Waals surface area contributed by atoms with Gasteiger partial charge in [-0.2, -0.15) is 8.75 Å². The lowest BCUT2D eigenvalue weighted by molar-refractivity contribution is 0.442. The van der Waals surface area contributed by atoms with Crippen LogP contribution in [0.4, 0.5) is 0 Å². The van der Waals surface area contributed by atoms with Gasteiger partial charge >= 0.3 is 0 Å². The average molecular weight is 262 g/mol. The third-order valence-electron chi connectivity index (χ3n) is 4.28. The zero-order chi connectivity index (χ0) is 13.3. The van der Waals surface area contributed by atoms with Gasteiger partial charge in [0, 0.05) is 0 Å². The van der Waals surface area contributed by atoms with Crippen molar-refractivity contribution >= 4 is 22.8 Å². The van der Waals surface area contributed by atoms with E-state index in [-0.39, 0.29) is 5.41 Å². The van der Waals surface area contributed by atoms with Crippen molar-refractivity contribution in [3.05, 3.63) is 23.3 Å². The van der Waals surface area contributed by atoms with Gasteiger partial charge < -0.3 is 0 Å². The summed E-state index contributed by atoms with van der Waals surface area (Å²) in [4.78, 5) is 0. The lowest BCUT2D eigenvalue weighted by Crippen LogP contribution is -2.20. The van der Waals surface area contributed by atoms with E-state index in [0.29, 0.717) is 5.92 Å². The summed E-state index contributed by atoms with van der Waals surface area (Å²) in [5, 5.41) is 0. The first-order chi connectivity index (χ1) is 8.53. The Bertz CT molecular complexity index is 538. The van der Waals surface area contributed by atoms with Crippen LogP contribution >= 0.6 is 11.7 Å². The summed E-state index contributed by atoms with van der Waals surface area (Å²) in [5.41, 5.74) is 5.12. The van der Waals surface area contributed by atoms with Gasteiger partial charge in [-0.1, -0.05) is 46.8 Å². The van der Waals surface area contributed by atoms with Crippen molar-refractivity contribution in [1.82, 2.24) is 8.75 Å². The van der Waals surface area contributed by atoms with Gasteiger partial charge in [0.25, 0.3) is 0 Å². The first-order valence-electron chi connectivity index (χ1n) is 6.79. The van der Waals surface area contributed by atoms with Gasteiger partial charge in [-0.3, -0.25) is 0 Å². The van der Waals surface area contributed by atoms with Gasteiger partial charge in [-0.15, -0.1) is 0 Å². The molecule has 1 aromatic heterocycles. The molecule has 1 heterocycles. The molecule has 3 heteroatoms. The third kappa shape index (κ3) is 2.05. The molecule has 0 bridgehead atoms. The van der Waals surface area contributed by atoms with E-state index in [2.05, 4.69) is 55.5 Å². The van der Waals surface area contributed by atoms with E-state index in [9.17, 15) is 0 Å². The molecule has 0 radical (unpaired) electrons. The maximum Gasteiger partial charge on any atom is 0.108 e. The molecule has 0 saturated carbocycles. The van der Waals surface area contributed by atoms with Crippen molar-refractivity contribution in [3.63, 3.8) is 0 Å². The quantitative estimate of drug-likeness (QED) is 0.783. The molecular weight excluding hydrogens is 240 g/mol. The van der Waals surface area contributed by atoms with E-state index >= 15 is 0 Å². The molecule has 0 aliphatic carbocycles. The van der Waals surface area contributed by atoms with Crippen LogP contribution < -0.4 is 0 Å². The number of aromatic nitrogens is 2. The Morgan fingerprint density at radius 1 is 1.11 bits per heavy atom. The summed E-state index contributed by atoms with van der Waals surface area (Å²) in [7, 11) is 0. The lowest BCUT2D eigenvalue weighted by atomic mass is 9.76. The second-order valence-corrected chi connectivity index (χ2v) is 6.11. The normalized spacial score (nSPS) is 12.6. The predicted octanol–water partition coefficient (Wildman–Crippen LogP) is 4.89. The molecule has 2 aromatic rings. The highest BCUT2D eigenvalue weighted by Crippen LogP contribution is 2.37. The van der Waals surface area contributed by atoms with E-state index < -0.39 is 0 Å². The minimum atomic E-state index is 0.212. The molecule has 0 saturated heterocycles. The van der Waals surface area contributed by atoms with Gasteiger partial charge in [0.2, 0.25) is 0 Å². The monoisotopic (exact) mass is 262 g/mol. The molecule has 0 unspecified atom stereocenters. The SMILES string of the molecule is CCC(C)(CC)c1ccc(C(C)C)c2nsnc12. The van der Waals surface area contributed by atoms with E-state index in [4.69, 9.17) is 0 Å². The molecule has 0 aliphatic rings. The molecule has 0 atom stereocenters. The Morgan fingerprint density at radius 2 is 1.72 bits per heavy atom. The average Bonchev–Trinajstić information content (AvgIpc) is 2.85. The second-order valence-electron chi connectivity index (χ2n) is 5.59. The van der Waals surface area contributed by atoms with E-state index in [1.54, 1.807) is 0 Å². The number of nitrogens with zero attached hydrogens (tertiary/aromatic N) is 2. The Morgan fingerprint density at radius 3 is 2.28 bits per heavy atom. The molecule has 18 heavy (non-hydrogen) atoms. The fraction of sp³-hybridized carbons (Fsp3) is 0.600. The molecule has 0 spiro atoms. The number of hydrogen-bond acceptors (Lipinski definition) is 3. The fourth-order valence-electron chi connectivity index (χ4n) is 2.47. The number of benzene rings is 1. The van der Waals surface area contributed by atoms with Crippen LogP contribution in [0.2, 0.25) is 0 Å². The Kier molecular flexibility index (Phi) is 3.71. The Labute approximate surface area is 114 Å². The Balaban J connectivity index is 2.68. The van der Waals surface area contributed by atoms with E-state index in [0.717, 1.165) is 23.9 Å². The zero-order valence-electron chi connectivity index (χ0n) is 11.9. The summed E-state index contributed by atoms with van der Waals surface area (Å²) >= 11 is 1.34. The molecule has 0 amide bonds. The summed E-state index contributed by atoms with van der Waals surface area (Å²) < 4.78 is 9.07. The zero-order valence-corrected chi connectivity index (χ0v) is 12.8. The second kappa shape index (κ2) is 4.96. The molecule has 0 fully saturated rings. The minimum absolute atomic E-state index is 0.212. The van der Waals surface area contributed by atoms with Crippen LogP contribution in [0.15, 0.2) is 12.1 Å². The van der Waals surface area contributed by atoms with Gasteiger partial charge in [0.05, 0.1) is 11.7 Å². The predicted molar refractivity (Wildman–Crippen MR) is 79.4 cm³/mol. The van der Waals surface area contributed by atoms with E-state index in [1.807, 2.05) is 0 Å². The summed E-state index contributed by atoms with van der Waals surface area (Å²) in [6.07, 6.45) is 2.27. The van der Waals surface area contributed by atoms with Crippen molar-refractivity contribution in [2.24, 2.45) is 0 Å². The first kappa shape index (κ1) is 13.5. The standard InChI is InChI=1S/C15H22N2S/c1-6-15(5,7-2)12-9-8-11(10(3)4)13-14(12)17-18-16-13/h8-10H,6-7H2,1-5H3. The summed E-state index contributed by atoms with van der Waals surface area (Å²) in [6, 6.07) is 4.51. The van der Waals surface area contributed by atoms with Crippen molar-refractivity contribution in [3.8, 4) is 0 Å². The first-order valence-corrected chi connectivity index (χ1v) is 7.52. The van der Waals surface area contributed by atoms with Crippen molar-refractivity contribution < 1.29 is 0 Å². The molecule has 98 valence electrons. The fourth-order valence-corrected chi connectivity index (χ4v) is 3.05. The van der Waals surface area contributed by atoms with Gasteiger partial charge in [0.15, 0.2) is 0 Å². The highest BCUT2D eigenvalue weighted by atomic mass is 32.1. The van der Waals surface area contributed by atoms with Crippen molar-refractivity contribution in [2.45, 2.75) is 58.8 Å². The van der Waals surface area contributed by atoms with Crippen molar-refractivity contribution in [1.29, 1.82) is 0 Å². The van der Waals surface area contributed by atoms with E-state index in [1.165, 1.54) is 22.9 Å². The van der Waals surface area contributed by atoms with Crippen LogP contribution in [0.3, 0.4) is 0 Å². The molecule has 2 rings (SSSR count). The largest absolute Gasteiger partial charge is 0.173 e. The third-order valence-corrected chi connectivity index (χ3v) is 4.81.